The summed E-state index contributed by atoms with van der Waals surface area (Å²) in [5.74, 6) is 0.685. The Morgan fingerprint density at radius 1 is 1.21 bits per heavy atom. The molecule has 8 heteroatoms. The van der Waals surface area contributed by atoms with Crippen LogP contribution in [0.4, 0.5) is 11.5 Å². The minimum absolute atomic E-state index is 0.0539. The molecule has 0 unspecified atom stereocenters. The fourth-order valence-corrected chi connectivity index (χ4v) is 4.12. The van der Waals surface area contributed by atoms with E-state index in [0.29, 0.717) is 33.9 Å². The Labute approximate surface area is 170 Å². The van der Waals surface area contributed by atoms with Gasteiger partial charge in [-0.05, 0) is 30.3 Å². The van der Waals surface area contributed by atoms with Crippen LogP contribution in [-0.4, -0.2) is 21.4 Å². The molecule has 4 aromatic rings. The maximum Gasteiger partial charge on any atom is 0.270 e. The summed E-state index contributed by atoms with van der Waals surface area (Å²) in [6.45, 7) is 1.40. The van der Waals surface area contributed by atoms with Gasteiger partial charge in [0.1, 0.15) is 5.82 Å². The molecular formula is C21H14ClN5O2. The second-order valence-electron chi connectivity index (χ2n) is 7.04. The van der Waals surface area contributed by atoms with Gasteiger partial charge in [0.25, 0.3) is 5.69 Å². The summed E-state index contributed by atoms with van der Waals surface area (Å²) in [6, 6.07) is 14.1. The van der Waals surface area contributed by atoms with E-state index in [-0.39, 0.29) is 5.69 Å². The fourth-order valence-electron chi connectivity index (χ4n) is 3.95. The molecule has 0 saturated carbocycles. The summed E-state index contributed by atoms with van der Waals surface area (Å²) in [7, 11) is 0. The number of nitro groups is 1. The molecule has 0 saturated heterocycles. The van der Waals surface area contributed by atoms with Crippen molar-refractivity contribution in [1.29, 1.82) is 5.26 Å². The van der Waals surface area contributed by atoms with E-state index < -0.39 is 4.92 Å². The number of non-ortho nitro benzene ring substituents is 1. The van der Waals surface area contributed by atoms with E-state index in [1.54, 1.807) is 12.1 Å². The Balaban J connectivity index is 1.59. The molecule has 0 bridgehead atoms. The Hall–Kier alpha value is -3.63. The molecule has 29 heavy (non-hydrogen) atoms. The van der Waals surface area contributed by atoms with E-state index in [1.165, 1.54) is 23.4 Å². The van der Waals surface area contributed by atoms with Crippen molar-refractivity contribution in [3.05, 3.63) is 74.4 Å². The number of aromatic nitrogens is 2. The summed E-state index contributed by atoms with van der Waals surface area (Å²) in [5.41, 5.74) is 4.31. The third-order valence-electron chi connectivity index (χ3n) is 5.37. The molecular weight excluding hydrogens is 390 g/mol. The molecule has 142 valence electrons. The average Bonchev–Trinajstić information content (AvgIpc) is 3.09. The zero-order valence-electron chi connectivity index (χ0n) is 15.1. The highest BCUT2D eigenvalue weighted by atomic mass is 35.5. The summed E-state index contributed by atoms with van der Waals surface area (Å²) < 4.78 is 0. The summed E-state index contributed by atoms with van der Waals surface area (Å²) in [6.07, 6.45) is 0.823. The molecule has 2 aromatic carbocycles. The molecule has 2 aromatic heterocycles. The van der Waals surface area contributed by atoms with Crippen molar-refractivity contribution in [2.45, 2.75) is 13.0 Å². The lowest BCUT2D eigenvalue weighted by Crippen LogP contribution is -2.30. The first kappa shape index (κ1) is 17.5. The molecule has 0 amide bonds. The molecule has 0 radical (unpaired) electrons. The zero-order chi connectivity index (χ0) is 20.1. The summed E-state index contributed by atoms with van der Waals surface area (Å²) in [5, 5.41) is 22.9. The smallest absolute Gasteiger partial charge is 0.270 e. The number of nitriles is 1. The van der Waals surface area contributed by atoms with E-state index in [4.69, 9.17) is 11.6 Å². The summed E-state index contributed by atoms with van der Waals surface area (Å²) >= 11 is 6.19. The van der Waals surface area contributed by atoms with Crippen molar-refractivity contribution < 1.29 is 4.92 Å². The zero-order valence-corrected chi connectivity index (χ0v) is 15.9. The maximum absolute atomic E-state index is 11.1. The normalized spacial score (nSPS) is 13.4. The van der Waals surface area contributed by atoms with Crippen LogP contribution in [-0.2, 0) is 13.0 Å². The van der Waals surface area contributed by atoms with Crippen LogP contribution in [0.1, 0.15) is 16.8 Å². The molecule has 7 nitrogen and oxygen atoms in total. The van der Waals surface area contributed by atoms with E-state index in [2.05, 4.69) is 20.9 Å². The highest BCUT2D eigenvalue weighted by Gasteiger charge is 2.23. The number of halogens is 1. The number of nitrogens with zero attached hydrogens (tertiary/aromatic N) is 4. The van der Waals surface area contributed by atoms with E-state index in [9.17, 15) is 15.4 Å². The van der Waals surface area contributed by atoms with Gasteiger partial charge in [-0.25, -0.2) is 4.98 Å². The van der Waals surface area contributed by atoms with Gasteiger partial charge < -0.3 is 9.88 Å². The number of H-pyrrole nitrogens is 1. The highest BCUT2D eigenvalue weighted by molar-refractivity contribution is 6.31. The molecule has 0 atom stereocenters. The maximum atomic E-state index is 11.1. The standard InChI is InChI=1S/C21H14ClN5O2/c22-13-1-3-19-16(8-13)17-11-26(6-5-20(17)24-19)21-7-12(10-23)15-9-14(27(28)29)2-4-18(15)25-21/h1-4,7-9,24H,5-6,11H2. The van der Waals surface area contributed by atoms with Crippen molar-refractivity contribution in [1.82, 2.24) is 9.97 Å². The van der Waals surface area contributed by atoms with Gasteiger partial charge in [-0.2, -0.15) is 5.26 Å². The third kappa shape index (κ3) is 2.85. The number of hydrogen-bond donors (Lipinski definition) is 1. The van der Waals surface area contributed by atoms with Gasteiger partial charge in [-0.1, -0.05) is 11.6 Å². The highest BCUT2D eigenvalue weighted by Crippen LogP contribution is 2.33. The molecule has 5 rings (SSSR count). The number of aromatic amines is 1. The number of pyridine rings is 1. The van der Waals surface area contributed by atoms with E-state index >= 15 is 0 Å². The van der Waals surface area contributed by atoms with Gasteiger partial charge in [0, 0.05) is 64.2 Å². The molecule has 0 fully saturated rings. The largest absolute Gasteiger partial charge is 0.358 e. The minimum Gasteiger partial charge on any atom is -0.358 e. The Kier molecular flexibility index (Phi) is 3.89. The van der Waals surface area contributed by atoms with Gasteiger partial charge in [0.2, 0.25) is 0 Å². The molecule has 1 N–H and O–H groups in total. The quantitative estimate of drug-likeness (QED) is 0.386. The number of nitrogens with one attached hydrogen (secondary N) is 1. The lowest BCUT2D eigenvalue weighted by Gasteiger charge is -2.28. The molecule has 1 aliphatic rings. The topological polar surface area (TPSA) is 98.8 Å². The van der Waals surface area contributed by atoms with Gasteiger partial charge in [-0.3, -0.25) is 10.1 Å². The van der Waals surface area contributed by atoms with Gasteiger partial charge >= 0.3 is 0 Å². The third-order valence-corrected chi connectivity index (χ3v) is 5.61. The fraction of sp³-hybridized carbons (Fsp3) is 0.143. The van der Waals surface area contributed by atoms with Crippen molar-refractivity contribution >= 4 is 44.9 Å². The first-order valence-electron chi connectivity index (χ1n) is 9.07. The average molecular weight is 404 g/mol. The second-order valence-corrected chi connectivity index (χ2v) is 7.48. The first-order valence-corrected chi connectivity index (χ1v) is 9.44. The van der Waals surface area contributed by atoms with Crippen LogP contribution in [0.2, 0.25) is 5.02 Å². The van der Waals surface area contributed by atoms with Crippen molar-refractivity contribution in [3.8, 4) is 6.07 Å². The van der Waals surface area contributed by atoms with Crippen LogP contribution in [0.25, 0.3) is 21.8 Å². The van der Waals surface area contributed by atoms with Crippen LogP contribution < -0.4 is 4.90 Å². The summed E-state index contributed by atoms with van der Waals surface area (Å²) in [4.78, 5) is 20.9. The molecule has 0 spiro atoms. The van der Waals surface area contributed by atoms with Crippen LogP contribution >= 0.6 is 11.6 Å². The van der Waals surface area contributed by atoms with Crippen LogP contribution in [0.5, 0.6) is 0 Å². The van der Waals surface area contributed by atoms with Gasteiger partial charge in [0.05, 0.1) is 22.1 Å². The lowest BCUT2D eigenvalue weighted by atomic mass is 10.0. The number of hydrogen-bond acceptors (Lipinski definition) is 5. The minimum atomic E-state index is -0.469. The Morgan fingerprint density at radius 3 is 2.86 bits per heavy atom. The van der Waals surface area contributed by atoms with Crippen molar-refractivity contribution in [2.75, 3.05) is 11.4 Å². The van der Waals surface area contributed by atoms with Crippen LogP contribution in [0.15, 0.2) is 42.5 Å². The lowest BCUT2D eigenvalue weighted by molar-refractivity contribution is -0.384. The first-order chi connectivity index (χ1) is 14.0. The van der Waals surface area contributed by atoms with Crippen LogP contribution in [0.3, 0.4) is 0 Å². The molecule has 0 aliphatic carbocycles. The molecule has 3 heterocycles. The predicted molar refractivity (Wildman–Crippen MR) is 111 cm³/mol. The molecule has 1 aliphatic heterocycles. The number of fused-ring (bicyclic) bond motifs is 4. The SMILES string of the molecule is N#Cc1cc(N2CCc3[nH]c4ccc(Cl)cc4c3C2)nc2ccc([N+](=O)[O-])cc12. The monoisotopic (exact) mass is 403 g/mol. The van der Waals surface area contributed by atoms with Crippen molar-refractivity contribution in [3.63, 3.8) is 0 Å². The number of anilines is 1. The predicted octanol–water partition coefficient (Wildman–Crippen LogP) is 4.71. The Bertz CT molecular complexity index is 1350. The van der Waals surface area contributed by atoms with E-state index in [1.807, 2.05) is 18.2 Å². The second kappa shape index (κ2) is 6.47. The number of nitro benzene ring substituents is 1. The van der Waals surface area contributed by atoms with Gasteiger partial charge in [-0.15, -0.1) is 0 Å². The van der Waals surface area contributed by atoms with Crippen LogP contribution in [0, 0.1) is 21.4 Å². The number of benzene rings is 2. The Morgan fingerprint density at radius 2 is 2.07 bits per heavy atom. The van der Waals surface area contributed by atoms with E-state index in [0.717, 1.165) is 23.9 Å². The number of rotatable bonds is 2. The van der Waals surface area contributed by atoms with Gasteiger partial charge in [0.15, 0.2) is 0 Å². The van der Waals surface area contributed by atoms with Crippen molar-refractivity contribution in [2.24, 2.45) is 0 Å².